The molecule has 238 valence electrons. The van der Waals surface area contributed by atoms with Gasteiger partial charge in [0.1, 0.15) is 5.82 Å². The lowest BCUT2D eigenvalue weighted by atomic mass is 9.91. The Labute approximate surface area is 271 Å². The second-order valence-electron chi connectivity index (χ2n) is 13.0. The van der Waals surface area contributed by atoms with Gasteiger partial charge in [0.25, 0.3) is 0 Å². The van der Waals surface area contributed by atoms with Crippen LogP contribution in [0.1, 0.15) is 45.2 Å². The third-order valence-electron chi connectivity index (χ3n) is 7.36. The average molecular weight is 636 g/mol. The number of hydrogen-bond donors (Lipinski definition) is 4. The lowest BCUT2D eigenvalue weighted by molar-refractivity contribution is 0.403. The quantitative estimate of drug-likeness (QED) is 0.0861. The Bertz CT molecular complexity index is 2120. The highest BCUT2D eigenvalue weighted by molar-refractivity contribution is 8.25. The maximum atomic E-state index is 14.8. The van der Waals surface area contributed by atoms with Gasteiger partial charge in [-0.3, -0.25) is 14.8 Å². The molecule has 7 nitrogen and oxygen atoms in total. The van der Waals surface area contributed by atoms with Gasteiger partial charge in [0.05, 0.1) is 23.1 Å². The monoisotopic (exact) mass is 635 g/mol. The van der Waals surface area contributed by atoms with Gasteiger partial charge < -0.3 is 10.3 Å². The van der Waals surface area contributed by atoms with Gasteiger partial charge in [-0.25, -0.2) is 9.37 Å². The van der Waals surface area contributed by atoms with Crippen molar-refractivity contribution in [1.29, 1.82) is 0 Å². The van der Waals surface area contributed by atoms with Crippen LogP contribution in [0.15, 0.2) is 91.7 Å². The van der Waals surface area contributed by atoms with Crippen molar-refractivity contribution in [2.45, 2.75) is 40.7 Å². The Kier molecular flexibility index (Phi) is 9.19. The maximum Gasteiger partial charge on any atom is 0.181 e. The van der Waals surface area contributed by atoms with Gasteiger partial charge in [0.15, 0.2) is 5.65 Å². The Hall–Kier alpha value is -4.73. The number of rotatable bonds is 11. The molecule has 4 N–H and O–H groups in total. The Balaban J connectivity index is 1.50. The van der Waals surface area contributed by atoms with Gasteiger partial charge in [-0.1, -0.05) is 51.7 Å². The second kappa shape index (κ2) is 12.9. The summed E-state index contributed by atoms with van der Waals surface area (Å²) in [6.07, 6.45) is 14.0. The van der Waals surface area contributed by atoms with E-state index in [-0.39, 0.29) is 11.2 Å². The number of H-pyrrole nitrogens is 2. The van der Waals surface area contributed by atoms with E-state index in [0.717, 1.165) is 73.3 Å². The van der Waals surface area contributed by atoms with Crippen molar-refractivity contribution < 1.29 is 4.39 Å². The Morgan fingerprint density at radius 2 is 1.85 bits per heavy atom. The van der Waals surface area contributed by atoms with E-state index < -0.39 is 9.39 Å². The lowest BCUT2D eigenvalue weighted by Crippen LogP contribution is -2.16. The normalized spacial score (nSPS) is 13.0. The van der Waals surface area contributed by atoms with Crippen LogP contribution in [0.25, 0.3) is 50.0 Å². The third kappa shape index (κ3) is 7.73. The van der Waals surface area contributed by atoms with Gasteiger partial charge in [0, 0.05) is 52.2 Å². The molecule has 0 aliphatic carbocycles. The summed E-state index contributed by atoms with van der Waals surface area (Å²) in [4.78, 5) is 12.6. The molecule has 9 heteroatoms. The van der Waals surface area contributed by atoms with Crippen LogP contribution in [-0.2, 0) is 6.54 Å². The van der Waals surface area contributed by atoms with Gasteiger partial charge in [-0.15, -0.1) is 0 Å². The summed E-state index contributed by atoms with van der Waals surface area (Å²) in [5, 5.41) is 12.8. The topological polar surface area (TPSA) is 94.3 Å². The molecule has 0 unspecified atom stereocenters. The van der Waals surface area contributed by atoms with Crippen LogP contribution in [0.4, 0.5) is 4.39 Å². The molecule has 0 aliphatic heterocycles. The first-order valence-corrected chi connectivity index (χ1v) is 17.4. The number of benzene rings is 1. The number of pyridine rings is 2. The molecular weight excluding hydrogens is 594 g/mol. The zero-order valence-corrected chi connectivity index (χ0v) is 28.0. The van der Waals surface area contributed by atoms with E-state index in [4.69, 9.17) is 0 Å². The fourth-order valence-corrected chi connectivity index (χ4v) is 5.89. The number of fused-ring (bicyclic) bond motifs is 2. The summed E-state index contributed by atoms with van der Waals surface area (Å²) in [5.41, 5.74) is 9.23. The van der Waals surface area contributed by atoms with Crippen LogP contribution in [0.3, 0.4) is 0 Å². The zero-order valence-electron chi connectivity index (χ0n) is 27.2. The SMILES string of the molecule is C=C/C(=C\C(=C/C)c1cnc2n[nH]c(-c3cc4c(-c5cc(F)cc(CNS(=C)(=C)C)c5)cncc4[nH]3)c2c1)NC(=C)CC(C)(C)C. The summed E-state index contributed by atoms with van der Waals surface area (Å²) in [7, 11) is -1.44. The summed E-state index contributed by atoms with van der Waals surface area (Å²) < 4.78 is 18.1. The molecule has 0 radical (unpaired) electrons. The minimum Gasteiger partial charge on any atom is -0.359 e. The number of aromatic amines is 2. The summed E-state index contributed by atoms with van der Waals surface area (Å²) in [6.45, 7) is 17.2. The van der Waals surface area contributed by atoms with E-state index in [9.17, 15) is 4.39 Å². The minimum atomic E-state index is -1.44. The highest BCUT2D eigenvalue weighted by atomic mass is 32.2. The van der Waals surface area contributed by atoms with E-state index >= 15 is 0 Å². The molecule has 0 saturated heterocycles. The molecule has 0 bridgehead atoms. The minimum absolute atomic E-state index is 0.117. The number of hydrogen-bond acceptors (Lipinski definition) is 5. The van der Waals surface area contributed by atoms with Gasteiger partial charge >= 0.3 is 0 Å². The van der Waals surface area contributed by atoms with Gasteiger partial charge in [-0.2, -0.15) is 14.5 Å². The number of aromatic nitrogens is 5. The molecule has 0 spiro atoms. The summed E-state index contributed by atoms with van der Waals surface area (Å²) >= 11 is 0. The average Bonchev–Trinajstić information content (AvgIpc) is 3.60. The molecule has 0 atom stereocenters. The fraction of sp³-hybridized carbons (Fsp3) is 0.216. The van der Waals surface area contributed by atoms with Crippen molar-refractivity contribution >= 4 is 48.6 Å². The molecule has 0 aliphatic rings. The number of nitrogens with one attached hydrogen (secondary N) is 4. The fourth-order valence-electron chi connectivity index (χ4n) is 5.38. The van der Waals surface area contributed by atoms with Crippen LogP contribution in [-0.4, -0.2) is 43.1 Å². The second-order valence-corrected chi connectivity index (χ2v) is 15.8. The Morgan fingerprint density at radius 3 is 2.54 bits per heavy atom. The van der Waals surface area contributed by atoms with E-state index in [1.54, 1.807) is 18.5 Å². The zero-order chi connectivity index (χ0) is 33.2. The van der Waals surface area contributed by atoms with Crippen LogP contribution in [0.2, 0.25) is 0 Å². The standard InChI is InChI=1S/C37H42FN7S/c1-10-25(15-29(11-2)42-23(3)18-37(4,5)6)27-16-31-35(44-45-36(31)40-20-27)33-17-30-32(21-39-22-34(30)43-33)26-12-24(13-28(38)14-26)19-41-46(7,8)9/h10-17,20-22,41-43H,2-3,7-8,18-19H2,1,4-6,9H3,(H,40,44,45)/b25-10+,29-15+. The molecule has 4 heterocycles. The molecule has 0 fully saturated rings. The van der Waals surface area contributed by atoms with Crippen molar-refractivity contribution in [3.8, 4) is 22.5 Å². The predicted molar refractivity (Wildman–Crippen MR) is 197 cm³/mol. The molecule has 0 amide bonds. The largest absolute Gasteiger partial charge is 0.359 e. The predicted octanol–water partition coefficient (Wildman–Crippen LogP) is 8.62. The lowest BCUT2D eigenvalue weighted by Gasteiger charge is -2.21. The van der Waals surface area contributed by atoms with E-state index in [2.05, 4.69) is 86.9 Å². The van der Waals surface area contributed by atoms with E-state index in [0.29, 0.717) is 12.2 Å². The van der Waals surface area contributed by atoms with E-state index in [1.807, 2.05) is 43.7 Å². The molecule has 46 heavy (non-hydrogen) atoms. The van der Waals surface area contributed by atoms with Crippen molar-refractivity contribution in [2.24, 2.45) is 5.41 Å². The molecular formula is C37H42FN7S. The number of allylic oxidation sites excluding steroid dienone is 5. The molecule has 1 aromatic carbocycles. The molecule has 0 saturated carbocycles. The first-order valence-electron chi connectivity index (χ1n) is 15.0. The van der Waals surface area contributed by atoms with Gasteiger partial charge in [0.2, 0.25) is 0 Å². The third-order valence-corrected chi connectivity index (χ3v) is 8.20. The van der Waals surface area contributed by atoms with Crippen molar-refractivity contribution in [1.82, 2.24) is 35.2 Å². The molecule has 4 aromatic heterocycles. The van der Waals surface area contributed by atoms with Crippen molar-refractivity contribution in [3.05, 3.63) is 109 Å². The summed E-state index contributed by atoms with van der Waals surface area (Å²) in [5.74, 6) is 7.81. The highest BCUT2D eigenvalue weighted by Crippen LogP contribution is 2.35. The first-order chi connectivity index (χ1) is 21.7. The van der Waals surface area contributed by atoms with Crippen LogP contribution in [0.5, 0.6) is 0 Å². The Morgan fingerprint density at radius 1 is 1.07 bits per heavy atom. The maximum absolute atomic E-state index is 14.8. The molecule has 5 aromatic rings. The first kappa shape index (κ1) is 32.7. The van der Waals surface area contributed by atoms with Crippen molar-refractivity contribution in [2.75, 3.05) is 6.26 Å². The van der Waals surface area contributed by atoms with Crippen LogP contribution < -0.4 is 10.0 Å². The van der Waals surface area contributed by atoms with Crippen LogP contribution in [0, 0.1) is 11.2 Å². The highest BCUT2D eigenvalue weighted by Gasteiger charge is 2.17. The number of halogens is 1. The molecule has 5 rings (SSSR count). The van der Waals surface area contributed by atoms with Gasteiger partial charge in [-0.05, 0) is 84.2 Å². The summed E-state index contributed by atoms with van der Waals surface area (Å²) in [6, 6.07) is 9.16. The van der Waals surface area contributed by atoms with E-state index in [1.165, 1.54) is 12.1 Å². The van der Waals surface area contributed by atoms with Crippen LogP contribution >= 0.6 is 9.39 Å². The number of nitrogens with zero attached hydrogens (tertiary/aromatic N) is 3. The smallest absolute Gasteiger partial charge is 0.181 e. The van der Waals surface area contributed by atoms with Crippen molar-refractivity contribution in [3.63, 3.8) is 0 Å².